The Morgan fingerprint density at radius 2 is 2.12 bits per heavy atom. The van der Waals surface area contributed by atoms with Crippen LogP contribution in [-0.2, 0) is 6.54 Å². The largest absolute Gasteiger partial charge is 0.338 e. The lowest BCUT2D eigenvalue weighted by Crippen LogP contribution is -2.62. The van der Waals surface area contributed by atoms with Gasteiger partial charge in [0, 0.05) is 44.5 Å². The average molecular weight is 345 g/mol. The number of rotatable bonds is 4. The summed E-state index contributed by atoms with van der Waals surface area (Å²) in [6.07, 6.45) is 11.7. The van der Waals surface area contributed by atoms with Crippen molar-refractivity contribution in [2.75, 3.05) is 19.6 Å². The van der Waals surface area contributed by atoms with Crippen LogP contribution in [0.1, 0.15) is 62.7 Å². The molecule has 2 bridgehead atoms. The molecule has 0 N–H and O–H groups in total. The Morgan fingerprint density at radius 3 is 2.88 bits per heavy atom. The van der Waals surface area contributed by atoms with Gasteiger partial charge in [0.2, 0.25) is 0 Å². The maximum atomic E-state index is 12.9. The van der Waals surface area contributed by atoms with Crippen LogP contribution in [-0.4, -0.2) is 57.2 Å². The van der Waals surface area contributed by atoms with Gasteiger partial charge in [-0.2, -0.15) is 5.10 Å². The molecule has 138 valence electrons. The van der Waals surface area contributed by atoms with Gasteiger partial charge in [-0.3, -0.25) is 14.4 Å². The Morgan fingerprint density at radius 1 is 1.24 bits per heavy atom. The third-order valence-corrected chi connectivity index (χ3v) is 6.63. The lowest BCUT2D eigenvalue weighted by atomic mass is 9.74. The second-order valence-electron chi connectivity index (χ2n) is 8.29. The van der Waals surface area contributed by atoms with Gasteiger partial charge >= 0.3 is 0 Å². The quantitative estimate of drug-likeness (QED) is 0.843. The van der Waals surface area contributed by atoms with Gasteiger partial charge in [-0.15, -0.1) is 0 Å². The molecule has 0 aliphatic carbocycles. The van der Waals surface area contributed by atoms with Gasteiger partial charge in [0.05, 0.1) is 11.8 Å². The molecule has 4 heterocycles. The number of aromatic nitrogens is 2. The van der Waals surface area contributed by atoms with E-state index in [4.69, 9.17) is 0 Å². The zero-order chi connectivity index (χ0) is 17.4. The zero-order valence-electron chi connectivity index (χ0n) is 15.7. The lowest BCUT2D eigenvalue weighted by Gasteiger charge is -2.55. The van der Waals surface area contributed by atoms with E-state index in [0.717, 1.165) is 31.2 Å². The SMILES string of the molecule is CCC[C@H]1CCC[C@H]2[C@@H]3C[C@@H](CN(C(=O)c4cnn(CC)c4)C3)CN12. The second-order valence-corrected chi connectivity index (χ2v) is 8.29. The highest BCUT2D eigenvalue weighted by Crippen LogP contribution is 2.40. The van der Waals surface area contributed by atoms with E-state index in [1.807, 2.05) is 10.9 Å². The third-order valence-electron chi connectivity index (χ3n) is 6.63. The highest BCUT2D eigenvalue weighted by Gasteiger charge is 2.45. The van der Waals surface area contributed by atoms with Gasteiger partial charge in [-0.05, 0) is 44.4 Å². The summed E-state index contributed by atoms with van der Waals surface area (Å²) in [7, 11) is 0. The van der Waals surface area contributed by atoms with Gasteiger partial charge in [0.15, 0.2) is 0 Å². The van der Waals surface area contributed by atoms with Crippen molar-refractivity contribution in [3.63, 3.8) is 0 Å². The molecule has 3 fully saturated rings. The van der Waals surface area contributed by atoms with Crippen LogP contribution in [0, 0.1) is 11.8 Å². The van der Waals surface area contributed by atoms with E-state index in [2.05, 4.69) is 28.7 Å². The first-order valence-corrected chi connectivity index (χ1v) is 10.3. The second kappa shape index (κ2) is 7.10. The van der Waals surface area contributed by atoms with Crippen molar-refractivity contribution in [3.05, 3.63) is 18.0 Å². The predicted molar refractivity (Wildman–Crippen MR) is 98.4 cm³/mol. The lowest BCUT2D eigenvalue weighted by molar-refractivity contribution is -0.0519. The molecule has 3 saturated heterocycles. The molecule has 0 aromatic carbocycles. The summed E-state index contributed by atoms with van der Waals surface area (Å²) in [5.41, 5.74) is 0.756. The van der Waals surface area contributed by atoms with Crippen molar-refractivity contribution < 1.29 is 4.79 Å². The first kappa shape index (κ1) is 17.1. The topological polar surface area (TPSA) is 41.4 Å². The monoisotopic (exact) mass is 344 g/mol. The van der Waals surface area contributed by atoms with E-state index >= 15 is 0 Å². The molecule has 0 saturated carbocycles. The van der Waals surface area contributed by atoms with Crippen LogP contribution >= 0.6 is 0 Å². The van der Waals surface area contributed by atoms with Gasteiger partial charge in [-0.25, -0.2) is 0 Å². The van der Waals surface area contributed by atoms with Crippen LogP contribution in [0.15, 0.2) is 12.4 Å². The summed E-state index contributed by atoms with van der Waals surface area (Å²) < 4.78 is 1.84. The number of piperidine rings is 3. The van der Waals surface area contributed by atoms with E-state index in [9.17, 15) is 4.79 Å². The standard InChI is InChI=1S/C20H32N4O/c1-3-6-18-7-5-8-19-16-9-15(12-24(18)19)11-22(13-16)20(25)17-10-21-23(4-2)14-17/h10,14-16,18-19H,3-9,11-13H2,1-2H3/t15-,16+,18-,19-/m0/s1. The van der Waals surface area contributed by atoms with Crippen LogP contribution in [0.25, 0.3) is 0 Å². The van der Waals surface area contributed by atoms with Crippen molar-refractivity contribution in [1.82, 2.24) is 19.6 Å². The van der Waals surface area contributed by atoms with Crippen LogP contribution in [0.2, 0.25) is 0 Å². The maximum Gasteiger partial charge on any atom is 0.257 e. The fraction of sp³-hybridized carbons (Fsp3) is 0.800. The molecule has 4 atom stereocenters. The molecule has 5 heteroatoms. The minimum atomic E-state index is 0.184. The van der Waals surface area contributed by atoms with E-state index in [1.54, 1.807) is 6.20 Å². The number of fused-ring (bicyclic) bond motifs is 4. The van der Waals surface area contributed by atoms with Gasteiger partial charge in [0.25, 0.3) is 5.91 Å². The smallest absolute Gasteiger partial charge is 0.257 e. The number of amides is 1. The molecule has 1 aromatic rings. The number of likely N-dealkylation sites (tertiary alicyclic amines) is 1. The average Bonchev–Trinajstić information content (AvgIpc) is 3.11. The van der Waals surface area contributed by atoms with Crippen LogP contribution < -0.4 is 0 Å². The minimum Gasteiger partial charge on any atom is -0.338 e. The summed E-state index contributed by atoms with van der Waals surface area (Å²) in [6.45, 7) is 8.24. The van der Waals surface area contributed by atoms with Gasteiger partial charge in [-0.1, -0.05) is 19.8 Å². The molecule has 1 aromatic heterocycles. The summed E-state index contributed by atoms with van der Waals surface area (Å²) in [4.78, 5) is 17.9. The molecule has 4 rings (SSSR count). The van der Waals surface area contributed by atoms with Crippen molar-refractivity contribution in [1.29, 1.82) is 0 Å². The highest BCUT2D eigenvalue weighted by atomic mass is 16.2. The number of carbonyl (C=O) groups excluding carboxylic acids is 1. The summed E-state index contributed by atoms with van der Waals surface area (Å²) >= 11 is 0. The van der Waals surface area contributed by atoms with Crippen molar-refractivity contribution in [3.8, 4) is 0 Å². The first-order valence-electron chi connectivity index (χ1n) is 10.3. The van der Waals surface area contributed by atoms with Crippen molar-refractivity contribution >= 4 is 5.91 Å². The minimum absolute atomic E-state index is 0.184. The molecule has 0 radical (unpaired) electrons. The molecule has 5 nitrogen and oxygen atoms in total. The van der Waals surface area contributed by atoms with E-state index in [0.29, 0.717) is 17.9 Å². The number of nitrogens with zero attached hydrogens (tertiary/aromatic N) is 4. The van der Waals surface area contributed by atoms with Crippen LogP contribution in [0.4, 0.5) is 0 Å². The molecule has 0 unspecified atom stereocenters. The number of aryl methyl sites for hydroxylation is 1. The van der Waals surface area contributed by atoms with Crippen molar-refractivity contribution in [2.24, 2.45) is 11.8 Å². The Bertz CT molecular complexity index is 611. The molecular weight excluding hydrogens is 312 g/mol. The number of hydrogen-bond acceptors (Lipinski definition) is 3. The highest BCUT2D eigenvalue weighted by molar-refractivity contribution is 5.93. The predicted octanol–water partition coefficient (Wildman–Crippen LogP) is 3.02. The van der Waals surface area contributed by atoms with E-state index in [-0.39, 0.29) is 5.91 Å². The van der Waals surface area contributed by atoms with Gasteiger partial charge in [0.1, 0.15) is 0 Å². The normalized spacial score (nSPS) is 32.5. The first-order chi connectivity index (χ1) is 12.2. The molecule has 25 heavy (non-hydrogen) atoms. The maximum absolute atomic E-state index is 12.9. The van der Waals surface area contributed by atoms with Crippen LogP contribution in [0.3, 0.4) is 0 Å². The number of hydrogen-bond donors (Lipinski definition) is 0. The molecule has 1 amide bonds. The molecule has 0 spiro atoms. The number of carbonyl (C=O) groups is 1. The fourth-order valence-corrected chi connectivity index (χ4v) is 5.55. The van der Waals surface area contributed by atoms with E-state index < -0.39 is 0 Å². The third kappa shape index (κ3) is 3.23. The van der Waals surface area contributed by atoms with Gasteiger partial charge < -0.3 is 4.90 Å². The summed E-state index contributed by atoms with van der Waals surface area (Å²) in [5.74, 6) is 1.50. The Kier molecular flexibility index (Phi) is 4.85. The molecular formula is C20H32N4O. The fourth-order valence-electron chi connectivity index (χ4n) is 5.55. The Balaban J connectivity index is 1.47. The Labute approximate surface area is 151 Å². The molecule has 3 aliphatic heterocycles. The summed E-state index contributed by atoms with van der Waals surface area (Å²) in [5, 5.41) is 4.28. The molecule has 3 aliphatic rings. The van der Waals surface area contributed by atoms with Crippen LogP contribution in [0.5, 0.6) is 0 Å². The van der Waals surface area contributed by atoms with E-state index in [1.165, 1.54) is 45.1 Å². The van der Waals surface area contributed by atoms with Crippen molar-refractivity contribution in [2.45, 2.75) is 71.0 Å². The Hall–Kier alpha value is -1.36. The zero-order valence-corrected chi connectivity index (χ0v) is 15.7. The summed E-state index contributed by atoms with van der Waals surface area (Å²) in [6, 6.07) is 1.50.